The third kappa shape index (κ3) is 3.64. The van der Waals surface area contributed by atoms with Crippen LogP contribution in [0.15, 0.2) is 30.9 Å². The fraction of sp³-hybridized carbons (Fsp3) is 0.588. The van der Waals surface area contributed by atoms with Gasteiger partial charge in [0, 0.05) is 25.5 Å². The van der Waals surface area contributed by atoms with Crippen molar-refractivity contribution in [2.45, 2.75) is 46.2 Å². The predicted molar refractivity (Wildman–Crippen MR) is 85.1 cm³/mol. The van der Waals surface area contributed by atoms with Crippen LogP contribution in [-0.2, 0) is 16.1 Å². The number of aromatic nitrogens is 2. The quantitative estimate of drug-likeness (QED) is 0.573. The molecule has 5 heteroatoms. The van der Waals surface area contributed by atoms with E-state index in [0.717, 1.165) is 13.0 Å². The Kier molecular flexibility index (Phi) is 5.52. The van der Waals surface area contributed by atoms with Gasteiger partial charge in [-0.3, -0.25) is 9.59 Å². The van der Waals surface area contributed by atoms with Crippen LogP contribution in [0.5, 0.6) is 0 Å². The summed E-state index contributed by atoms with van der Waals surface area (Å²) in [5.41, 5.74) is 0. The minimum absolute atomic E-state index is 0.0878. The van der Waals surface area contributed by atoms with Gasteiger partial charge in [0.15, 0.2) is 0 Å². The first-order valence-electron chi connectivity index (χ1n) is 8.03. The van der Waals surface area contributed by atoms with Crippen LogP contribution in [0.25, 0.3) is 0 Å². The number of likely N-dealkylation sites (tertiary alicyclic amines) is 1. The summed E-state index contributed by atoms with van der Waals surface area (Å²) < 4.78 is 1.98. The van der Waals surface area contributed by atoms with Crippen molar-refractivity contribution in [2.24, 2.45) is 11.8 Å². The lowest BCUT2D eigenvalue weighted by Crippen LogP contribution is -2.35. The Labute approximate surface area is 132 Å². The number of hydrogen-bond acceptors (Lipinski definition) is 3. The number of imidazole rings is 1. The van der Waals surface area contributed by atoms with E-state index in [9.17, 15) is 9.59 Å². The van der Waals surface area contributed by atoms with Gasteiger partial charge in [-0.05, 0) is 18.8 Å². The van der Waals surface area contributed by atoms with Crippen LogP contribution in [0.3, 0.4) is 0 Å². The topological polar surface area (TPSA) is 55.2 Å². The van der Waals surface area contributed by atoms with Crippen molar-refractivity contribution in [3.05, 3.63) is 30.9 Å². The molecule has 2 atom stereocenters. The summed E-state index contributed by atoms with van der Waals surface area (Å²) in [5, 5.41) is 0. The normalized spacial score (nSPS) is 22.5. The van der Waals surface area contributed by atoms with Gasteiger partial charge in [-0.2, -0.15) is 0 Å². The average molecular weight is 303 g/mol. The van der Waals surface area contributed by atoms with Crippen LogP contribution in [0.2, 0.25) is 0 Å². The Morgan fingerprint density at radius 2 is 2.09 bits per heavy atom. The Hall–Kier alpha value is -1.91. The number of carbonyl (C=O) groups is 2. The lowest BCUT2D eigenvalue weighted by atomic mass is 9.95. The summed E-state index contributed by atoms with van der Waals surface area (Å²) in [7, 11) is 0. The number of Topliss-reactive ketones (excluding diaryl/α,β-unsaturated/α-hetero) is 1. The number of carbonyl (C=O) groups excluding carboxylic acids is 2. The Bertz CT molecular complexity index is 534. The number of allylic oxidation sites excluding steroid dienone is 1. The van der Waals surface area contributed by atoms with E-state index < -0.39 is 0 Å². The number of nitrogens with zero attached hydrogens (tertiary/aromatic N) is 3. The van der Waals surface area contributed by atoms with Gasteiger partial charge in [0.25, 0.3) is 5.91 Å². The zero-order chi connectivity index (χ0) is 16.1. The molecule has 2 rings (SSSR count). The van der Waals surface area contributed by atoms with Gasteiger partial charge in [0.1, 0.15) is 0 Å². The van der Waals surface area contributed by atoms with Gasteiger partial charge in [0.2, 0.25) is 5.78 Å². The molecule has 0 aliphatic carbocycles. The van der Waals surface area contributed by atoms with Gasteiger partial charge in [-0.1, -0.05) is 32.9 Å². The summed E-state index contributed by atoms with van der Waals surface area (Å²) in [4.78, 5) is 30.1. The summed E-state index contributed by atoms with van der Waals surface area (Å²) in [6.45, 7) is 7.57. The molecule has 1 amide bonds. The van der Waals surface area contributed by atoms with Crippen LogP contribution in [0.1, 0.15) is 33.6 Å². The van der Waals surface area contributed by atoms with Crippen molar-refractivity contribution < 1.29 is 9.59 Å². The maximum absolute atomic E-state index is 12.2. The molecule has 120 valence electrons. The highest BCUT2D eigenvalue weighted by molar-refractivity contribution is 6.39. The van der Waals surface area contributed by atoms with E-state index in [1.165, 1.54) is 0 Å². The van der Waals surface area contributed by atoms with Gasteiger partial charge in [-0.15, -0.1) is 0 Å². The third-order valence-corrected chi connectivity index (χ3v) is 4.09. The highest BCUT2D eigenvalue weighted by atomic mass is 16.2. The summed E-state index contributed by atoms with van der Waals surface area (Å²) >= 11 is 0. The highest BCUT2D eigenvalue weighted by Crippen LogP contribution is 2.27. The molecule has 1 aromatic heterocycles. The van der Waals surface area contributed by atoms with Crippen molar-refractivity contribution >= 4 is 11.7 Å². The van der Waals surface area contributed by atoms with E-state index in [1.807, 2.05) is 23.8 Å². The molecule has 1 aliphatic heterocycles. The van der Waals surface area contributed by atoms with E-state index in [-0.39, 0.29) is 23.7 Å². The molecule has 0 spiro atoms. The summed E-state index contributed by atoms with van der Waals surface area (Å²) in [5.74, 6) is -0.341. The molecule has 2 unspecified atom stereocenters. The first-order valence-corrected chi connectivity index (χ1v) is 8.03. The number of aryl methyl sites for hydroxylation is 1. The van der Waals surface area contributed by atoms with E-state index in [4.69, 9.17) is 0 Å². The third-order valence-electron chi connectivity index (χ3n) is 4.09. The van der Waals surface area contributed by atoms with Gasteiger partial charge in [-0.25, -0.2) is 4.98 Å². The van der Waals surface area contributed by atoms with Gasteiger partial charge < -0.3 is 9.47 Å². The molecule has 1 saturated heterocycles. The minimum Gasteiger partial charge on any atom is -0.337 e. The predicted octanol–water partition coefficient (Wildman–Crippen LogP) is 2.29. The van der Waals surface area contributed by atoms with Crippen molar-refractivity contribution in [1.29, 1.82) is 0 Å². The summed E-state index contributed by atoms with van der Waals surface area (Å²) in [6.07, 6.45) is 11.1. The smallest absolute Gasteiger partial charge is 0.290 e. The van der Waals surface area contributed by atoms with Crippen LogP contribution in [-0.4, -0.2) is 38.7 Å². The number of rotatable bonds is 7. The second-order valence-corrected chi connectivity index (χ2v) is 6.15. The van der Waals surface area contributed by atoms with E-state index in [1.54, 1.807) is 17.4 Å². The number of hydrogen-bond donors (Lipinski definition) is 0. The zero-order valence-electron chi connectivity index (χ0n) is 13.6. The van der Waals surface area contributed by atoms with Crippen molar-refractivity contribution in [2.75, 3.05) is 6.54 Å². The fourth-order valence-corrected chi connectivity index (χ4v) is 2.90. The van der Waals surface area contributed by atoms with Gasteiger partial charge in [0.05, 0.1) is 18.3 Å². The largest absolute Gasteiger partial charge is 0.337 e. The van der Waals surface area contributed by atoms with Crippen LogP contribution in [0.4, 0.5) is 0 Å². The molecule has 0 N–H and O–H groups in total. The van der Waals surface area contributed by atoms with E-state index in [2.05, 4.69) is 24.9 Å². The van der Waals surface area contributed by atoms with Crippen molar-refractivity contribution in [1.82, 2.24) is 14.5 Å². The van der Waals surface area contributed by atoms with Gasteiger partial charge >= 0.3 is 0 Å². The van der Waals surface area contributed by atoms with E-state index in [0.29, 0.717) is 18.9 Å². The zero-order valence-corrected chi connectivity index (χ0v) is 13.6. The first kappa shape index (κ1) is 16.5. The van der Waals surface area contributed by atoms with Crippen LogP contribution >= 0.6 is 0 Å². The molecular weight excluding hydrogens is 278 g/mol. The molecule has 0 radical (unpaired) electrons. The molecule has 0 bridgehead atoms. The second kappa shape index (κ2) is 7.38. The maximum Gasteiger partial charge on any atom is 0.290 e. The first-order chi connectivity index (χ1) is 10.5. The number of ketones is 1. The van der Waals surface area contributed by atoms with Crippen molar-refractivity contribution in [3.8, 4) is 0 Å². The Balaban J connectivity index is 2.04. The molecule has 22 heavy (non-hydrogen) atoms. The van der Waals surface area contributed by atoms with Crippen LogP contribution in [0, 0.1) is 11.8 Å². The molecule has 1 aromatic rings. The molecule has 0 saturated carbocycles. The second-order valence-electron chi connectivity index (χ2n) is 6.15. The molecule has 2 heterocycles. The van der Waals surface area contributed by atoms with Crippen molar-refractivity contribution in [3.63, 3.8) is 0 Å². The fourth-order valence-electron chi connectivity index (χ4n) is 2.90. The molecule has 0 aromatic carbocycles. The SMILES string of the molecule is CCC1C(=O)C(=O)N(CCCn2ccnc2)C1C=CC(C)C. The molecular formula is C17H25N3O2. The monoisotopic (exact) mass is 303 g/mol. The van der Waals surface area contributed by atoms with Crippen LogP contribution < -0.4 is 0 Å². The Morgan fingerprint density at radius 1 is 1.32 bits per heavy atom. The lowest BCUT2D eigenvalue weighted by Gasteiger charge is -2.24. The minimum atomic E-state index is -0.323. The maximum atomic E-state index is 12.2. The average Bonchev–Trinajstić information content (AvgIpc) is 3.07. The molecule has 1 aliphatic rings. The Morgan fingerprint density at radius 3 is 2.68 bits per heavy atom. The lowest BCUT2D eigenvalue weighted by molar-refractivity contribution is -0.141. The van der Waals surface area contributed by atoms with E-state index >= 15 is 0 Å². The molecule has 5 nitrogen and oxygen atoms in total. The molecule has 1 fully saturated rings. The highest BCUT2D eigenvalue weighted by Gasteiger charge is 2.44. The number of amides is 1. The summed E-state index contributed by atoms with van der Waals surface area (Å²) in [6, 6.07) is -0.0878. The standard InChI is InChI=1S/C17H25N3O2/c1-4-14-15(7-6-13(2)3)20(17(22)16(14)21)10-5-9-19-11-8-18-12-19/h6-8,11-15H,4-5,9-10H2,1-3H3.